The Bertz CT molecular complexity index is 715. The number of aromatic nitrogens is 4. The summed E-state index contributed by atoms with van der Waals surface area (Å²) < 4.78 is 6.56. The SMILES string of the molecule is Cc1nc(CN2CCN(c3c([N+](=O)[O-])c(C)nn3C)CC2)no1. The van der Waals surface area contributed by atoms with Gasteiger partial charge in [0, 0.05) is 40.2 Å². The van der Waals surface area contributed by atoms with Crippen molar-refractivity contribution >= 4 is 11.5 Å². The van der Waals surface area contributed by atoms with Gasteiger partial charge in [-0.05, 0) is 6.92 Å². The number of hydrogen-bond acceptors (Lipinski definition) is 8. The first-order valence-corrected chi connectivity index (χ1v) is 7.40. The lowest BCUT2D eigenvalue weighted by Crippen LogP contribution is -2.46. The van der Waals surface area contributed by atoms with E-state index in [-0.39, 0.29) is 10.6 Å². The van der Waals surface area contributed by atoms with Gasteiger partial charge in [0.2, 0.25) is 11.7 Å². The van der Waals surface area contributed by atoms with Crippen LogP contribution in [-0.4, -0.2) is 55.9 Å². The van der Waals surface area contributed by atoms with E-state index < -0.39 is 0 Å². The van der Waals surface area contributed by atoms with Gasteiger partial charge < -0.3 is 9.42 Å². The third kappa shape index (κ3) is 3.02. The van der Waals surface area contributed by atoms with E-state index in [1.165, 1.54) is 0 Å². The summed E-state index contributed by atoms with van der Waals surface area (Å²) in [4.78, 5) is 19.4. The van der Waals surface area contributed by atoms with Crippen molar-refractivity contribution in [2.24, 2.45) is 7.05 Å². The fraction of sp³-hybridized carbons (Fsp3) is 0.615. The summed E-state index contributed by atoms with van der Waals surface area (Å²) in [6.45, 7) is 6.98. The van der Waals surface area contributed by atoms with Crippen molar-refractivity contribution < 1.29 is 9.45 Å². The monoisotopic (exact) mass is 321 g/mol. The number of hydrogen-bond donors (Lipinski definition) is 0. The Hall–Kier alpha value is -2.49. The summed E-state index contributed by atoms with van der Waals surface area (Å²) in [5, 5.41) is 19.4. The summed E-state index contributed by atoms with van der Waals surface area (Å²) in [5.41, 5.74) is 0.534. The average Bonchev–Trinajstić information content (AvgIpc) is 3.02. The minimum atomic E-state index is -0.355. The van der Waals surface area contributed by atoms with E-state index in [0.717, 1.165) is 13.1 Å². The summed E-state index contributed by atoms with van der Waals surface area (Å²) in [7, 11) is 1.74. The molecule has 0 aliphatic carbocycles. The van der Waals surface area contributed by atoms with Crippen LogP contribution in [0.1, 0.15) is 17.4 Å². The van der Waals surface area contributed by atoms with E-state index in [9.17, 15) is 10.1 Å². The molecular formula is C13H19N7O3. The molecule has 0 atom stereocenters. The maximum Gasteiger partial charge on any atom is 0.333 e. The smallest absolute Gasteiger partial charge is 0.333 e. The molecule has 0 N–H and O–H groups in total. The lowest BCUT2D eigenvalue weighted by molar-refractivity contribution is -0.384. The Labute approximate surface area is 132 Å². The van der Waals surface area contributed by atoms with Crippen molar-refractivity contribution in [2.45, 2.75) is 20.4 Å². The number of nitrogens with zero attached hydrogens (tertiary/aromatic N) is 7. The van der Waals surface area contributed by atoms with E-state index in [2.05, 4.69) is 20.1 Å². The van der Waals surface area contributed by atoms with Crippen LogP contribution in [0.3, 0.4) is 0 Å². The van der Waals surface area contributed by atoms with Gasteiger partial charge in [0.1, 0.15) is 5.69 Å². The molecule has 1 aliphatic rings. The molecule has 1 fully saturated rings. The molecule has 10 heteroatoms. The normalized spacial score (nSPS) is 16.0. The maximum atomic E-state index is 11.3. The largest absolute Gasteiger partial charge is 0.349 e. The molecule has 23 heavy (non-hydrogen) atoms. The lowest BCUT2D eigenvalue weighted by atomic mass is 10.3. The molecule has 0 amide bonds. The first-order chi connectivity index (χ1) is 11.0. The molecule has 0 spiro atoms. The van der Waals surface area contributed by atoms with E-state index in [4.69, 9.17) is 4.52 Å². The van der Waals surface area contributed by atoms with Gasteiger partial charge in [0.05, 0.1) is 11.5 Å². The number of nitro groups is 1. The summed E-state index contributed by atoms with van der Waals surface area (Å²) in [6.07, 6.45) is 0. The highest BCUT2D eigenvalue weighted by Crippen LogP contribution is 2.31. The predicted octanol–water partition coefficient (Wildman–Crippen LogP) is 0.650. The van der Waals surface area contributed by atoms with Crippen LogP contribution >= 0.6 is 0 Å². The molecule has 0 saturated carbocycles. The Morgan fingerprint density at radius 2 is 1.96 bits per heavy atom. The van der Waals surface area contributed by atoms with Crippen molar-refractivity contribution in [3.63, 3.8) is 0 Å². The molecule has 2 aromatic heterocycles. The van der Waals surface area contributed by atoms with Gasteiger partial charge in [-0.3, -0.25) is 15.0 Å². The quantitative estimate of drug-likeness (QED) is 0.597. The van der Waals surface area contributed by atoms with Gasteiger partial charge in [-0.25, -0.2) is 4.68 Å². The van der Waals surface area contributed by atoms with Crippen molar-refractivity contribution in [3.8, 4) is 0 Å². The fourth-order valence-corrected chi connectivity index (χ4v) is 2.93. The van der Waals surface area contributed by atoms with Crippen LogP contribution in [0, 0.1) is 24.0 Å². The average molecular weight is 321 g/mol. The van der Waals surface area contributed by atoms with Gasteiger partial charge in [-0.15, -0.1) is 0 Å². The van der Waals surface area contributed by atoms with E-state index in [0.29, 0.717) is 42.9 Å². The topological polar surface area (TPSA) is 106 Å². The Kier molecular flexibility index (Phi) is 3.99. The zero-order valence-electron chi connectivity index (χ0n) is 13.4. The van der Waals surface area contributed by atoms with Crippen LogP contribution in [0.15, 0.2) is 4.52 Å². The zero-order valence-corrected chi connectivity index (χ0v) is 13.4. The fourth-order valence-electron chi connectivity index (χ4n) is 2.93. The molecule has 3 heterocycles. The molecule has 10 nitrogen and oxygen atoms in total. The Morgan fingerprint density at radius 3 is 2.52 bits per heavy atom. The zero-order chi connectivity index (χ0) is 16.6. The predicted molar refractivity (Wildman–Crippen MR) is 81.1 cm³/mol. The number of rotatable bonds is 4. The number of piperazine rings is 1. The maximum absolute atomic E-state index is 11.3. The molecule has 2 aromatic rings. The highest BCUT2D eigenvalue weighted by molar-refractivity contribution is 5.61. The van der Waals surface area contributed by atoms with Gasteiger partial charge in [-0.2, -0.15) is 10.1 Å². The highest BCUT2D eigenvalue weighted by Gasteiger charge is 2.30. The molecule has 0 bridgehead atoms. The van der Waals surface area contributed by atoms with Crippen molar-refractivity contribution in [3.05, 3.63) is 27.5 Å². The second-order valence-electron chi connectivity index (χ2n) is 5.63. The van der Waals surface area contributed by atoms with Gasteiger partial charge in [-0.1, -0.05) is 5.16 Å². The Balaban J connectivity index is 1.68. The van der Waals surface area contributed by atoms with Crippen LogP contribution in [-0.2, 0) is 13.6 Å². The molecule has 0 radical (unpaired) electrons. The lowest BCUT2D eigenvalue weighted by Gasteiger charge is -2.34. The van der Waals surface area contributed by atoms with Crippen LogP contribution in [0.25, 0.3) is 0 Å². The van der Waals surface area contributed by atoms with Crippen LogP contribution in [0.5, 0.6) is 0 Å². The van der Waals surface area contributed by atoms with Crippen LogP contribution in [0.2, 0.25) is 0 Å². The minimum absolute atomic E-state index is 0.0924. The van der Waals surface area contributed by atoms with Crippen molar-refractivity contribution in [1.29, 1.82) is 0 Å². The van der Waals surface area contributed by atoms with Crippen LogP contribution < -0.4 is 4.90 Å². The van der Waals surface area contributed by atoms with Crippen molar-refractivity contribution in [2.75, 3.05) is 31.1 Å². The number of aryl methyl sites for hydroxylation is 3. The minimum Gasteiger partial charge on any atom is -0.349 e. The van der Waals surface area contributed by atoms with E-state index >= 15 is 0 Å². The van der Waals surface area contributed by atoms with E-state index in [1.807, 2.05) is 4.90 Å². The third-order valence-electron chi connectivity index (χ3n) is 3.95. The molecule has 0 unspecified atom stereocenters. The number of anilines is 1. The molecule has 124 valence electrons. The molecule has 3 rings (SSSR count). The van der Waals surface area contributed by atoms with Gasteiger partial charge >= 0.3 is 5.69 Å². The summed E-state index contributed by atoms with van der Waals surface area (Å²) in [5.74, 6) is 1.79. The first-order valence-electron chi connectivity index (χ1n) is 7.40. The molecule has 0 aromatic carbocycles. The van der Waals surface area contributed by atoms with Crippen LogP contribution in [0.4, 0.5) is 11.5 Å². The van der Waals surface area contributed by atoms with Gasteiger partial charge in [0.15, 0.2) is 5.82 Å². The van der Waals surface area contributed by atoms with Crippen molar-refractivity contribution in [1.82, 2.24) is 24.8 Å². The molecular weight excluding hydrogens is 302 g/mol. The summed E-state index contributed by atoms with van der Waals surface area (Å²) >= 11 is 0. The summed E-state index contributed by atoms with van der Waals surface area (Å²) in [6, 6.07) is 0. The second-order valence-corrected chi connectivity index (χ2v) is 5.63. The van der Waals surface area contributed by atoms with E-state index in [1.54, 1.807) is 25.6 Å². The highest BCUT2D eigenvalue weighted by atomic mass is 16.6. The second kappa shape index (κ2) is 5.95. The standard InChI is InChI=1S/C13H19N7O3/c1-9-12(20(21)22)13(17(3)15-9)19-6-4-18(5-7-19)8-11-14-10(2)23-16-11/h4-8H2,1-3H3. The third-order valence-corrected chi connectivity index (χ3v) is 3.95. The molecule has 1 saturated heterocycles. The van der Waals surface area contributed by atoms with Gasteiger partial charge in [0.25, 0.3) is 0 Å². The molecule has 1 aliphatic heterocycles. The first kappa shape index (κ1) is 15.4. The Morgan fingerprint density at radius 1 is 1.26 bits per heavy atom.